The van der Waals surface area contributed by atoms with Gasteiger partial charge in [-0.1, -0.05) is 35.9 Å². The first-order chi connectivity index (χ1) is 14.2. The number of aryl methyl sites for hydroxylation is 2. The molecule has 3 rings (SSSR count). The molecule has 0 aliphatic heterocycles. The summed E-state index contributed by atoms with van der Waals surface area (Å²) in [5, 5.41) is 15.2. The normalized spacial score (nSPS) is 11.6. The third kappa shape index (κ3) is 6.12. The molecule has 29 heavy (non-hydrogen) atoms. The second kappa shape index (κ2) is 10.7. The molecule has 0 bridgehead atoms. The summed E-state index contributed by atoms with van der Waals surface area (Å²) in [5.74, 6) is 0.674. The van der Waals surface area contributed by atoms with Gasteiger partial charge in [0, 0.05) is 0 Å². The van der Waals surface area contributed by atoms with Crippen molar-refractivity contribution < 1.29 is 14.6 Å². The Balaban J connectivity index is 1.70. The van der Waals surface area contributed by atoms with Crippen molar-refractivity contribution in [2.75, 3.05) is 44.6 Å². The van der Waals surface area contributed by atoms with Gasteiger partial charge >= 0.3 is 0 Å². The number of nitrogens with zero attached hydrogens (tertiary/aromatic N) is 3. The quantitative estimate of drug-likeness (QED) is 0.296. The predicted octanol–water partition coefficient (Wildman–Crippen LogP) is 3.05. The molecule has 0 atom stereocenters. The molecular formula is C22H28N4O3. The van der Waals surface area contributed by atoms with Crippen LogP contribution in [0.4, 0.5) is 5.95 Å². The van der Waals surface area contributed by atoms with Gasteiger partial charge in [0.05, 0.1) is 56.8 Å². The van der Waals surface area contributed by atoms with Crippen LogP contribution in [-0.4, -0.2) is 60.9 Å². The number of aliphatic hydroxyl groups excluding tert-OH is 1. The maximum atomic E-state index is 8.72. The lowest BCUT2D eigenvalue weighted by Gasteiger charge is -2.16. The third-order valence-corrected chi connectivity index (χ3v) is 4.45. The van der Waals surface area contributed by atoms with Crippen molar-refractivity contribution in [3.05, 3.63) is 59.2 Å². The van der Waals surface area contributed by atoms with Crippen LogP contribution in [0.2, 0.25) is 0 Å². The molecule has 0 fully saturated rings. The minimum atomic E-state index is 0.0208. The first-order valence-corrected chi connectivity index (χ1v) is 9.77. The molecule has 0 saturated carbocycles. The van der Waals surface area contributed by atoms with Crippen LogP contribution in [0, 0.1) is 13.8 Å². The molecule has 0 aliphatic carbocycles. The molecule has 3 aromatic rings. The van der Waals surface area contributed by atoms with E-state index in [2.05, 4.69) is 47.1 Å². The number of para-hydroxylation sites is 2. The summed E-state index contributed by atoms with van der Waals surface area (Å²) >= 11 is 0. The van der Waals surface area contributed by atoms with Crippen molar-refractivity contribution in [1.29, 1.82) is 0 Å². The number of anilines is 1. The maximum Gasteiger partial charge on any atom is 0.224 e. The van der Waals surface area contributed by atoms with Gasteiger partial charge in [-0.05, 0) is 37.1 Å². The van der Waals surface area contributed by atoms with Gasteiger partial charge in [-0.3, -0.25) is 0 Å². The number of aromatic amines is 1. The summed E-state index contributed by atoms with van der Waals surface area (Å²) < 4.78 is 10.8. The number of hydrazone groups is 1. The lowest BCUT2D eigenvalue weighted by molar-refractivity contribution is 0.0351. The summed E-state index contributed by atoms with van der Waals surface area (Å²) in [7, 11) is 0. The lowest BCUT2D eigenvalue weighted by atomic mass is 10.1. The molecule has 7 nitrogen and oxygen atoms in total. The van der Waals surface area contributed by atoms with Crippen LogP contribution in [0.3, 0.4) is 0 Å². The Morgan fingerprint density at radius 1 is 1.07 bits per heavy atom. The highest BCUT2D eigenvalue weighted by Crippen LogP contribution is 2.17. The van der Waals surface area contributed by atoms with E-state index in [9.17, 15) is 0 Å². The number of hydrogen-bond acceptors (Lipinski definition) is 6. The van der Waals surface area contributed by atoms with Crippen molar-refractivity contribution >= 4 is 23.2 Å². The number of H-pyrrole nitrogens is 1. The van der Waals surface area contributed by atoms with E-state index in [1.54, 1.807) is 0 Å². The molecule has 2 N–H and O–H groups in total. The number of ether oxygens (including phenoxy) is 2. The molecule has 0 radical (unpaired) electrons. The minimum absolute atomic E-state index is 0.0208. The van der Waals surface area contributed by atoms with E-state index < -0.39 is 0 Å². The Morgan fingerprint density at radius 3 is 2.66 bits per heavy atom. The molecule has 0 saturated heterocycles. The summed E-state index contributed by atoms with van der Waals surface area (Å²) in [6.45, 7) is 6.43. The predicted molar refractivity (Wildman–Crippen MR) is 116 cm³/mol. The van der Waals surface area contributed by atoms with Gasteiger partial charge in [0.15, 0.2) is 0 Å². The van der Waals surface area contributed by atoms with E-state index in [1.165, 1.54) is 11.1 Å². The largest absolute Gasteiger partial charge is 0.394 e. The highest BCUT2D eigenvalue weighted by atomic mass is 16.5. The Hall–Kier alpha value is -2.74. The third-order valence-electron chi connectivity index (χ3n) is 4.45. The van der Waals surface area contributed by atoms with Crippen molar-refractivity contribution in [3.63, 3.8) is 0 Å². The fourth-order valence-corrected chi connectivity index (χ4v) is 2.85. The molecule has 0 unspecified atom stereocenters. The van der Waals surface area contributed by atoms with Gasteiger partial charge in [-0.15, -0.1) is 0 Å². The van der Waals surface area contributed by atoms with Gasteiger partial charge in [-0.25, -0.2) is 9.99 Å². The second-order valence-corrected chi connectivity index (χ2v) is 6.75. The molecule has 2 aromatic carbocycles. The van der Waals surface area contributed by atoms with E-state index in [0.29, 0.717) is 38.9 Å². The first kappa shape index (κ1) is 21.0. The van der Waals surface area contributed by atoms with Gasteiger partial charge in [0.25, 0.3) is 0 Å². The number of hydrogen-bond donors (Lipinski definition) is 2. The van der Waals surface area contributed by atoms with Crippen LogP contribution in [0.15, 0.2) is 47.6 Å². The van der Waals surface area contributed by atoms with Crippen LogP contribution < -0.4 is 5.01 Å². The van der Waals surface area contributed by atoms with E-state index in [4.69, 9.17) is 14.6 Å². The number of imidazole rings is 1. The highest BCUT2D eigenvalue weighted by molar-refractivity contribution is 5.83. The zero-order chi connectivity index (χ0) is 20.5. The Bertz CT molecular complexity index is 906. The number of aromatic nitrogens is 2. The van der Waals surface area contributed by atoms with Gasteiger partial charge in [-0.2, -0.15) is 5.10 Å². The van der Waals surface area contributed by atoms with Crippen LogP contribution in [0.5, 0.6) is 0 Å². The summed E-state index contributed by atoms with van der Waals surface area (Å²) in [5.41, 5.74) is 5.30. The Morgan fingerprint density at radius 2 is 1.86 bits per heavy atom. The number of aliphatic hydroxyl groups is 1. The standard InChI is InChI=1S/C22H28N4O3/c1-17-7-8-18(2)19(15-17)16-23-26(9-11-28-13-14-29-12-10-27)22-24-20-5-3-4-6-21(20)25-22/h3-8,15-16,27H,9-14H2,1-2H3,(H,24,25)/b23-16+. The van der Waals surface area contributed by atoms with Crippen molar-refractivity contribution in [2.45, 2.75) is 13.8 Å². The number of fused-ring (bicyclic) bond motifs is 1. The molecule has 0 spiro atoms. The second-order valence-electron chi connectivity index (χ2n) is 6.75. The molecule has 0 aliphatic rings. The van der Waals surface area contributed by atoms with Crippen LogP contribution >= 0.6 is 0 Å². The smallest absolute Gasteiger partial charge is 0.224 e. The Labute approximate surface area is 171 Å². The number of nitrogens with one attached hydrogen (secondary N) is 1. The first-order valence-electron chi connectivity index (χ1n) is 9.77. The molecule has 154 valence electrons. The fraction of sp³-hybridized carbons (Fsp3) is 0.364. The van der Waals surface area contributed by atoms with Gasteiger partial charge < -0.3 is 19.6 Å². The monoisotopic (exact) mass is 396 g/mol. The SMILES string of the molecule is Cc1ccc(C)c(/C=N/N(CCOCCOCCO)c2nc3ccccc3[nH]2)c1. The Kier molecular flexibility index (Phi) is 7.75. The van der Waals surface area contributed by atoms with Crippen molar-refractivity contribution in [2.24, 2.45) is 5.10 Å². The van der Waals surface area contributed by atoms with E-state index >= 15 is 0 Å². The highest BCUT2D eigenvalue weighted by Gasteiger charge is 2.10. The number of rotatable bonds is 11. The van der Waals surface area contributed by atoms with Gasteiger partial charge in [0.1, 0.15) is 0 Å². The van der Waals surface area contributed by atoms with Gasteiger partial charge in [0.2, 0.25) is 5.95 Å². The fourth-order valence-electron chi connectivity index (χ4n) is 2.85. The van der Waals surface area contributed by atoms with Crippen LogP contribution in [0.1, 0.15) is 16.7 Å². The molecule has 0 amide bonds. The zero-order valence-electron chi connectivity index (χ0n) is 17.0. The average Bonchev–Trinajstić information content (AvgIpc) is 3.16. The topological polar surface area (TPSA) is 83.0 Å². The average molecular weight is 396 g/mol. The summed E-state index contributed by atoms with van der Waals surface area (Å²) in [6, 6.07) is 14.2. The summed E-state index contributed by atoms with van der Waals surface area (Å²) in [4.78, 5) is 7.97. The minimum Gasteiger partial charge on any atom is -0.394 e. The molecule has 1 aromatic heterocycles. The zero-order valence-corrected chi connectivity index (χ0v) is 17.0. The lowest BCUT2D eigenvalue weighted by Crippen LogP contribution is -2.24. The van der Waals surface area contributed by atoms with Crippen molar-refractivity contribution in [3.8, 4) is 0 Å². The van der Waals surface area contributed by atoms with Crippen LogP contribution in [0.25, 0.3) is 11.0 Å². The van der Waals surface area contributed by atoms with Crippen LogP contribution in [-0.2, 0) is 9.47 Å². The summed E-state index contributed by atoms with van der Waals surface area (Å²) in [6.07, 6.45) is 1.86. The van der Waals surface area contributed by atoms with Crippen molar-refractivity contribution in [1.82, 2.24) is 9.97 Å². The molecule has 7 heteroatoms. The molecule has 1 heterocycles. The van der Waals surface area contributed by atoms with E-state index in [1.807, 2.05) is 35.5 Å². The van der Waals surface area contributed by atoms with E-state index in [0.717, 1.165) is 16.6 Å². The molecular weight excluding hydrogens is 368 g/mol. The maximum absolute atomic E-state index is 8.72. The number of benzene rings is 2. The van der Waals surface area contributed by atoms with E-state index in [-0.39, 0.29) is 6.61 Å².